The van der Waals surface area contributed by atoms with Crippen molar-refractivity contribution in [3.05, 3.63) is 52.8 Å². The molecule has 0 unspecified atom stereocenters. The highest BCUT2D eigenvalue weighted by Crippen LogP contribution is 2.20. The molecule has 0 spiro atoms. The van der Waals surface area contributed by atoms with Crippen molar-refractivity contribution < 1.29 is 9.90 Å². The summed E-state index contributed by atoms with van der Waals surface area (Å²) in [6, 6.07) is 8.18. The summed E-state index contributed by atoms with van der Waals surface area (Å²) in [5.74, 6) is -0.794. The molecular formula is C15H18N2O2. The third kappa shape index (κ3) is 2.84. The number of aryl methyl sites for hydroxylation is 1. The van der Waals surface area contributed by atoms with Crippen molar-refractivity contribution in [3.8, 4) is 0 Å². The fourth-order valence-corrected chi connectivity index (χ4v) is 2.16. The van der Waals surface area contributed by atoms with Gasteiger partial charge in [-0.15, -0.1) is 0 Å². The topological polar surface area (TPSA) is 55.1 Å². The number of rotatable bonds is 4. The summed E-state index contributed by atoms with van der Waals surface area (Å²) in [5.41, 5.74) is 3.39. The second kappa shape index (κ2) is 5.26. The molecule has 1 aromatic heterocycles. The lowest BCUT2D eigenvalue weighted by molar-refractivity contribution is 0.0695. The second-order valence-electron chi connectivity index (χ2n) is 5.05. The molecule has 1 heterocycles. The van der Waals surface area contributed by atoms with Crippen LogP contribution >= 0.6 is 0 Å². The van der Waals surface area contributed by atoms with Crippen molar-refractivity contribution in [2.24, 2.45) is 0 Å². The summed E-state index contributed by atoms with van der Waals surface area (Å²) < 4.78 is 1.78. The Morgan fingerprint density at radius 3 is 2.47 bits per heavy atom. The zero-order valence-corrected chi connectivity index (χ0v) is 11.4. The highest BCUT2D eigenvalue weighted by atomic mass is 16.4. The fraction of sp³-hybridized carbons (Fsp3) is 0.333. The van der Waals surface area contributed by atoms with Gasteiger partial charge in [0.15, 0.2) is 0 Å². The molecule has 4 heteroatoms. The van der Waals surface area contributed by atoms with Crippen LogP contribution in [0.4, 0.5) is 0 Å². The Kier molecular flexibility index (Phi) is 3.69. The van der Waals surface area contributed by atoms with Crippen molar-refractivity contribution in [2.45, 2.75) is 33.2 Å². The molecule has 0 radical (unpaired) electrons. The molecule has 0 saturated heterocycles. The van der Waals surface area contributed by atoms with Crippen LogP contribution in [0.3, 0.4) is 0 Å². The third-order valence-corrected chi connectivity index (χ3v) is 3.11. The average molecular weight is 258 g/mol. The normalized spacial score (nSPS) is 10.9. The Morgan fingerprint density at radius 1 is 1.32 bits per heavy atom. The first-order chi connectivity index (χ1) is 8.99. The van der Waals surface area contributed by atoms with Crippen molar-refractivity contribution in [2.75, 3.05) is 0 Å². The summed E-state index contributed by atoms with van der Waals surface area (Å²) in [4.78, 5) is 11.2. The Labute approximate surface area is 112 Å². The third-order valence-electron chi connectivity index (χ3n) is 3.11. The standard InChI is InChI=1S/C15H18N2O2/c1-10(2)14-13(15(18)19)8-16-17(14)9-12-6-4-11(3)5-7-12/h4-8,10H,9H2,1-3H3,(H,18,19). The molecule has 0 aliphatic heterocycles. The van der Waals surface area contributed by atoms with Crippen LogP contribution in [0.25, 0.3) is 0 Å². The van der Waals surface area contributed by atoms with E-state index in [4.69, 9.17) is 0 Å². The van der Waals surface area contributed by atoms with Gasteiger partial charge in [-0.25, -0.2) is 4.79 Å². The molecule has 0 saturated carbocycles. The van der Waals surface area contributed by atoms with Gasteiger partial charge in [-0.2, -0.15) is 5.10 Å². The van der Waals surface area contributed by atoms with Gasteiger partial charge >= 0.3 is 5.97 Å². The predicted octanol–water partition coefficient (Wildman–Crippen LogP) is 3.06. The largest absolute Gasteiger partial charge is 0.478 e. The van der Waals surface area contributed by atoms with Crippen molar-refractivity contribution in [1.29, 1.82) is 0 Å². The first kappa shape index (κ1) is 13.3. The predicted molar refractivity (Wildman–Crippen MR) is 73.6 cm³/mol. The minimum Gasteiger partial charge on any atom is -0.478 e. The number of hydrogen-bond acceptors (Lipinski definition) is 2. The maximum atomic E-state index is 11.2. The van der Waals surface area contributed by atoms with Gasteiger partial charge in [-0.1, -0.05) is 43.7 Å². The summed E-state index contributed by atoms with van der Waals surface area (Å²) in [5, 5.41) is 13.4. The van der Waals surface area contributed by atoms with Gasteiger partial charge in [0.1, 0.15) is 5.56 Å². The van der Waals surface area contributed by atoms with E-state index in [0.717, 1.165) is 11.3 Å². The molecule has 0 fully saturated rings. The number of carboxylic acid groups (broad SMARTS) is 1. The number of carboxylic acids is 1. The number of aromatic nitrogens is 2. The molecule has 1 N–H and O–H groups in total. The van der Waals surface area contributed by atoms with Crippen LogP contribution in [0.5, 0.6) is 0 Å². The van der Waals surface area contributed by atoms with Crippen LogP contribution in [-0.4, -0.2) is 20.9 Å². The van der Waals surface area contributed by atoms with Crippen LogP contribution in [0, 0.1) is 6.92 Å². The van der Waals surface area contributed by atoms with Crippen molar-refractivity contribution >= 4 is 5.97 Å². The molecule has 0 atom stereocenters. The van der Waals surface area contributed by atoms with Gasteiger partial charge in [-0.05, 0) is 18.4 Å². The van der Waals surface area contributed by atoms with Gasteiger partial charge < -0.3 is 5.11 Å². The first-order valence-electron chi connectivity index (χ1n) is 6.33. The quantitative estimate of drug-likeness (QED) is 0.917. The molecule has 2 rings (SSSR count). The van der Waals surface area contributed by atoms with E-state index >= 15 is 0 Å². The number of aromatic carboxylic acids is 1. The van der Waals surface area contributed by atoms with Gasteiger partial charge in [0.05, 0.1) is 18.4 Å². The Balaban J connectivity index is 2.35. The lowest BCUT2D eigenvalue weighted by atomic mass is 10.1. The number of carbonyl (C=O) groups is 1. The number of hydrogen-bond donors (Lipinski definition) is 1. The molecule has 4 nitrogen and oxygen atoms in total. The van der Waals surface area contributed by atoms with E-state index in [1.165, 1.54) is 11.8 Å². The fourth-order valence-electron chi connectivity index (χ4n) is 2.16. The van der Waals surface area contributed by atoms with Crippen molar-refractivity contribution in [1.82, 2.24) is 9.78 Å². The Morgan fingerprint density at radius 2 is 1.95 bits per heavy atom. The lowest BCUT2D eigenvalue weighted by Crippen LogP contribution is -2.10. The van der Waals surface area contributed by atoms with E-state index in [0.29, 0.717) is 12.1 Å². The van der Waals surface area contributed by atoms with Crippen LogP contribution in [-0.2, 0) is 6.54 Å². The molecule has 0 aliphatic carbocycles. The maximum Gasteiger partial charge on any atom is 0.339 e. The second-order valence-corrected chi connectivity index (χ2v) is 5.05. The average Bonchev–Trinajstić information content (AvgIpc) is 2.76. The molecule has 19 heavy (non-hydrogen) atoms. The molecule has 0 amide bonds. The first-order valence-corrected chi connectivity index (χ1v) is 6.33. The van der Waals surface area contributed by atoms with E-state index in [9.17, 15) is 9.90 Å². The van der Waals surface area contributed by atoms with E-state index in [1.807, 2.05) is 45.0 Å². The summed E-state index contributed by atoms with van der Waals surface area (Å²) in [6.45, 7) is 6.60. The zero-order chi connectivity index (χ0) is 14.0. The Bertz CT molecular complexity index is 583. The number of nitrogens with zero attached hydrogens (tertiary/aromatic N) is 2. The smallest absolute Gasteiger partial charge is 0.339 e. The van der Waals surface area contributed by atoms with Crippen LogP contribution in [0.1, 0.15) is 46.9 Å². The van der Waals surface area contributed by atoms with Crippen molar-refractivity contribution in [3.63, 3.8) is 0 Å². The minimum absolute atomic E-state index is 0.124. The minimum atomic E-state index is -0.918. The molecule has 2 aromatic rings. The molecule has 100 valence electrons. The van der Waals surface area contributed by atoms with Gasteiger partial charge in [0.25, 0.3) is 0 Å². The molecular weight excluding hydrogens is 240 g/mol. The van der Waals surface area contributed by atoms with Crippen LogP contribution < -0.4 is 0 Å². The summed E-state index contributed by atoms with van der Waals surface area (Å²) in [6.07, 6.45) is 1.44. The SMILES string of the molecule is Cc1ccc(Cn2ncc(C(=O)O)c2C(C)C)cc1. The van der Waals surface area contributed by atoms with Gasteiger partial charge in [-0.3, -0.25) is 4.68 Å². The highest BCUT2D eigenvalue weighted by molar-refractivity contribution is 5.88. The molecule has 0 bridgehead atoms. The van der Waals surface area contributed by atoms with E-state index in [1.54, 1.807) is 4.68 Å². The van der Waals surface area contributed by atoms with E-state index in [-0.39, 0.29) is 5.92 Å². The lowest BCUT2D eigenvalue weighted by Gasteiger charge is -2.11. The van der Waals surface area contributed by atoms with E-state index < -0.39 is 5.97 Å². The monoisotopic (exact) mass is 258 g/mol. The van der Waals surface area contributed by atoms with Crippen LogP contribution in [0.2, 0.25) is 0 Å². The van der Waals surface area contributed by atoms with Gasteiger partial charge in [0, 0.05) is 0 Å². The molecule has 1 aromatic carbocycles. The highest BCUT2D eigenvalue weighted by Gasteiger charge is 2.19. The summed E-state index contributed by atoms with van der Waals surface area (Å²) in [7, 11) is 0. The Hall–Kier alpha value is -2.10. The maximum absolute atomic E-state index is 11.2. The van der Waals surface area contributed by atoms with E-state index in [2.05, 4.69) is 5.10 Å². The summed E-state index contributed by atoms with van der Waals surface area (Å²) >= 11 is 0. The van der Waals surface area contributed by atoms with Gasteiger partial charge in [0.2, 0.25) is 0 Å². The van der Waals surface area contributed by atoms with Crippen LogP contribution in [0.15, 0.2) is 30.5 Å². The number of benzene rings is 1. The molecule has 0 aliphatic rings. The zero-order valence-electron chi connectivity index (χ0n) is 11.4.